The summed E-state index contributed by atoms with van der Waals surface area (Å²) in [6.45, 7) is 3.15. The summed E-state index contributed by atoms with van der Waals surface area (Å²) in [6, 6.07) is 2.47. The summed E-state index contributed by atoms with van der Waals surface area (Å²) in [6.07, 6.45) is 2.70. The minimum Gasteiger partial charge on any atom is -0.588 e. The molecule has 1 unspecified atom stereocenters. The van der Waals surface area contributed by atoms with E-state index < -0.39 is 27.9 Å². The number of β-amino-alcohol motifs (C(OH)–C–C–N with tert-alkyl or cyclic N) is 1. The molecule has 1 atom stereocenters. The SMILES string of the molecule is [O-][S+](Nc1ncc(F)s1)c1cc(Cl)c(NCCCCNCC2(O)CNC2)cc1F. The summed E-state index contributed by atoms with van der Waals surface area (Å²) < 4.78 is 42.0. The van der Waals surface area contributed by atoms with Crippen molar-refractivity contribution < 1.29 is 18.4 Å². The summed E-state index contributed by atoms with van der Waals surface area (Å²) in [5, 5.41) is 19.0. The Kier molecular flexibility index (Phi) is 7.91. The van der Waals surface area contributed by atoms with Gasteiger partial charge in [0.15, 0.2) is 10.9 Å². The third-order valence-electron chi connectivity index (χ3n) is 4.34. The number of hydrogen-bond donors (Lipinski definition) is 5. The first-order valence-corrected chi connectivity index (χ1v) is 11.4. The maximum Gasteiger partial charge on any atom is 0.228 e. The molecule has 0 spiro atoms. The van der Waals surface area contributed by atoms with E-state index in [-0.39, 0.29) is 15.0 Å². The van der Waals surface area contributed by atoms with E-state index in [1.54, 1.807) is 0 Å². The smallest absolute Gasteiger partial charge is 0.228 e. The van der Waals surface area contributed by atoms with Crippen molar-refractivity contribution in [2.75, 3.05) is 42.8 Å². The van der Waals surface area contributed by atoms with E-state index in [0.29, 0.717) is 43.2 Å². The summed E-state index contributed by atoms with van der Waals surface area (Å²) in [7, 11) is 0. The highest BCUT2D eigenvalue weighted by Gasteiger charge is 2.33. The Hall–Kier alpha value is -1.21. The number of aromatic nitrogens is 1. The van der Waals surface area contributed by atoms with Crippen molar-refractivity contribution >= 4 is 45.1 Å². The largest absolute Gasteiger partial charge is 0.588 e. The molecule has 160 valence electrons. The van der Waals surface area contributed by atoms with E-state index in [2.05, 4.69) is 25.7 Å². The Bertz CT molecular complexity index is 825. The van der Waals surface area contributed by atoms with Crippen LogP contribution in [0, 0.1) is 10.9 Å². The highest BCUT2D eigenvalue weighted by atomic mass is 35.5. The first-order valence-electron chi connectivity index (χ1n) is 9.03. The van der Waals surface area contributed by atoms with Crippen molar-refractivity contribution in [2.45, 2.75) is 23.3 Å². The molecule has 1 saturated heterocycles. The fraction of sp³-hybridized carbons (Fsp3) is 0.471. The van der Waals surface area contributed by atoms with Gasteiger partial charge < -0.3 is 25.6 Å². The van der Waals surface area contributed by atoms with Gasteiger partial charge in [-0.2, -0.15) is 9.11 Å². The fourth-order valence-electron chi connectivity index (χ4n) is 2.70. The predicted molar refractivity (Wildman–Crippen MR) is 112 cm³/mol. The van der Waals surface area contributed by atoms with Gasteiger partial charge in [0, 0.05) is 38.3 Å². The van der Waals surface area contributed by atoms with Gasteiger partial charge in [0.1, 0.15) is 17.0 Å². The molecule has 0 saturated carbocycles. The molecule has 1 aromatic carbocycles. The monoisotopic (exact) mass is 465 g/mol. The molecule has 2 heterocycles. The van der Waals surface area contributed by atoms with Crippen LogP contribution in [0.5, 0.6) is 0 Å². The number of rotatable bonds is 11. The van der Waals surface area contributed by atoms with Gasteiger partial charge in [-0.15, -0.1) is 0 Å². The molecule has 29 heavy (non-hydrogen) atoms. The van der Waals surface area contributed by atoms with Gasteiger partial charge in [-0.25, -0.2) is 9.37 Å². The van der Waals surface area contributed by atoms with Crippen LogP contribution < -0.4 is 20.7 Å². The molecule has 3 rings (SSSR count). The van der Waals surface area contributed by atoms with Gasteiger partial charge in [0.2, 0.25) is 10.0 Å². The lowest BCUT2D eigenvalue weighted by molar-refractivity contribution is -0.00822. The van der Waals surface area contributed by atoms with E-state index in [1.165, 1.54) is 12.1 Å². The average molecular weight is 466 g/mol. The molecule has 0 amide bonds. The third kappa shape index (κ3) is 6.38. The Labute approximate surface area is 179 Å². The molecule has 1 fully saturated rings. The second-order valence-electron chi connectivity index (χ2n) is 6.74. The standard InChI is InChI=1S/C17H22ClF2N5O2S2/c18-11-5-14(29(27)25-16-24-7-15(20)28-16)12(19)6-13(11)23-4-2-1-3-21-8-17(26)9-22-10-17/h5-7,21-23,26H,1-4,8-10H2,(H,24,25). The summed E-state index contributed by atoms with van der Waals surface area (Å²) in [5.74, 6) is -0.691. The molecule has 5 N–H and O–H groups in total. The van der Waals surface area contributed by atoms with E-state index in [1.807, 2.05) is 0 Å². The van der Waals surface area contributed by atoms with Crippen LogP contribution in [0.2, 0.25) is 5.02 Å². The van der Waals surface area contributed by atoms with Crippen molar-refractivity contribution in [1.29, 1.82) is 0 Å². The molecule has 2 aromatic rings. The van der Waals surface area contributed by atoms with Crippen molar-refractivity contribution in [3.8, 4) is 0 Å². The number of benzene rings is 1. The van der Waals surface area contributed by atoms with Crippen molar-refractivity contribution in [3.05, 3.63) is 34.3 Å². The summed E-state index contributed by atoms with van der Waals surface area (Å²) in [4.78, 5) is 3.56. The third-order valence-corrected chi connectivity index (χ3v) is 6.57. The minimum atomic E-state index is -1.96. The molecule has 0 bridgehead atoms. The van der Waals surface area contributed by atoms with Gasteiger partial charge in [0.25, 0.3) is 0 Å². The number of aliphatic hydroxyl groups is 1. The molecule has 1 aliphatic heterocycles. The van der Waals surface area contributed by atoms with E-state index in [4.69, 9.17) is 11.6 Å². The average Bonchev–Trinajstić information content (AvgIpc) is 3.06. The lowest BCUT2D eigenvalue weighted by Crippen LogP contribution is -2.64. The molecule has 1 aliphatic rings. The van der Waals surface area contributed by atoms with Crippen LogP contribution in [-0.4, -0.2) is 53.0 Å². The number of halogens is 3. The van der Waals surface area contributed by atoms with E-state index in [9.17, 15) is 18.4 Å². The highest BCUT2D eigenvalue weighted by Crippen LogP contribution is 2.29. The molecular formula is C17H22ClF2N5O2S2. The maximum atomic E-state index is 14.4. The number of anilines is 2. The van der Waals surface area contributed by atoms with Crippen molar-refractivity contribution in [2.24, 2.45) is 0 Å². The van der Waals surface area contributed by atoms with Crippen LogP contribution in [0.15, 0.2) is 23.2 Å². The van der Waals surface area contributed by atoms with Crippen LogP contribution in [0.3, 0.4) is 0 Å². The number of nitrogens with one attached hydrogen (secondary N) is 4. The molecular weight excluding hydrogens is 444 g/mol. The van der Waals surface area contributed by atoms with E-state index in [0.717, 1.165) is 25.6 Å². The van der Waals surface area contributed by atoms with Gasteiger partial charge in [-0.3, -0.25) is 0 Å². The second-order valence-corrected chi connectivity index (χ2v) is 9.31. The van der Waals surface area contributed by atoms with Gasteiger partial charge in [0.05, 0.1) is 16.9 Å². The van der Waals surface area contributed by atoms with E-state index >= 15 is 0 Å². The van der Waals surface area contributed by atoms with Gasteiger partial charge >= 0.3 is 0 Å². The fourth-order valence-corrected chi connectivity index (χ4v) is 4.57. The van der Waals surface area contributed by atoms with Crippen LogP contribution >= 0.6 is 22.9 Å². The predicted octanol–water partition coefficient (Wildman–Crippen LogP) is 2.33. The van der Waals surface area contributed by atoms with Crippen LogP contribution in [0.25, 0.3) is 0 Å². The Morgan fingerprint density at radius 1 is 1.31 bits per heavy atom. The molecule has 12 heteroatoms. The summed E-state index contributed by atoms with van der Waals surface area (Å²) in [5.41, 5.74) is -0.221. The highest BCUT2D eigenvalue weighted by molar-refractivity contribution is 7.93. The zero-order valence-electron chi connectivity index (χ0n) is 15.4. The van der Waals surface area contributed by atoms with Gasteiger partial charge in [-0.05, 0) is 19.4 Å². The Morgan fingerprint density at radius 3 is 2.72 bits per heavy atom. The van der Waals surface area contributed by atoms with Crippen molar-refractivity contribution in [1.82, 2.24) is 15.6 Å². The number of hydrogen-bond acceptors (Lipinski definition) is 8. The molecule has 7 nitrogen and oxygen atoms in total. The van der Waals surface area contributed by atoms with Crippen LogP contribution in [-0.2, 0) is 11.4 Å². The number of thiazole rings is 1. The number of unbranched alkanes of at least 4 members (excludes halogenated alkanes) is 1. The first kappa shape index (κ1) is 22.5. The Balaban J connectivity index is 1.42. The summed E-state index contributed by atoms with van der Waals surface area (Å²) >= 11 is 4.90. The minimum absolute atomic E-state index is 0.0906. The second kappa shape index (κ2) is 10.2. The topological polar surface area (TPSA) is 104 Å². The quantitative estimate of drug-likeness (QED) is 0.256. The molecule has 0 aliphatic carbocycles. The number of nitrogens with zero attached hydrogens (tertiary/aromatic N) is 1. The Morgan fingerprint density at radius 2 is 2.07 bits per heavy atom. The normalized spacial score (nSPS) is 16.3. The van der Waals surface area contributed by atoms with Crippen LogP contribution in [0.4, 0.5) is 19.6 Å². The lowest BCUT2D eigenvalue weighted by atomic mass is 9.97. The van der Waals surface area contributed by atoms with Crippen LogP contribution in [0.1, 0.15) is 12.8 Å². The first-order chi connectivity index (χ1) is 13.9. The van der Waals surface area contributed by atoms with Crippen molar-refractivity contribution in [3.63, 3.8) is 0 Å². The molecule has 0 radical (unpaired) electrons. The maximum absolute atomic E-state index is 14.4. The molecule has 1 aromatic heterocycles. The van der Waals surface area contributed by atoms with Gasteiger partial charge in [-0.1, -0.05) is 22.9 Å². The zero-order valence-corrected chi connectivity index (χ0v) is 17.8. The lowest BCUT2D eigenvalue weighted by Gasteiger charge is -2.37. The zero-order chi connectivity index (χ0) is 20.9.